The first kappa shape index (κ1) is 14.0. The molecule has 0 aliphatic heterocycles. The third-order valence-electron chi connectivity index (χ3n) is 2.87. The van der Waals surface area contributed by atoms with E-state index in [1.165, 1.54) is 0 Å². The van der Waals surface area contributed by atoms with Gasteiger partial charge in [0.25, 0.3) is 0 Å². The average Bonchev–Trinajstić information content (AvgIpc) is 2.34. The van der Waals surface area contributed by atoms with Crippen molar-refractivity contribution in [2.24, 2.45) is 5.92 Å². The Kier molecular flexibility index (Phi) is 5.12. The summed E-state index contributed by atoms with van der Waals surface area (Å²) in [6, 6.07) is 3.88. The van der Waals surface area contributed by atoms with Crippen LogP contribution >= 0.6 is 0 Å². The van der Waals surface area contributed by atoms with E-state index >= 15 is 0 Å². The normalized spacial score (nSPS) is 11.6. The predicted molar refractivity (Wildman–Crippen MR) is 68.2 cm³/mol. The van der Waals surface area contributed by atoms with E-state index in [9.17, 15) is 4.79 Å². The van der Waals surface area contributed by atoms with Gasteiger partial charge in [-0.1, -0.05) is 13.3 Å². The Labute approximate surface area is 106 Å². The van der Waals surface area contributed by atoms with Crippen LogP contribution in [-0.4, -0.2) is 22.6 Å². The molecule has 0 aliphatic carbocycles. The van der Waals surface area contributed by atoms with Crippen LogP contribution in [0.1, 0.15) is 30.9 Å². The van der Waals surface area contributed by atoms with E-state index in [0.29, 0.717) is 17.9 Å². The third-order valence-corrected chi connectivity index (χ3v) is 2.87. The van der Waals surface area contributed by atoms with Crippen molar-refractivity contribution < 1.29 is 9.90 Å². The topological polar surface area (TPSA) is 86.0 Å². The molecule has 0 amide bonds. The zero-order valence-electron chi connectivity index (χ0n) is 10.6. The lowest BCUT2D eigenvalue weighted by Crippen LogP contribution is -2.18. The number of aryl methyl sites for hydroxylation is 1. The zero-order valence-corrected chi connectivity index (χ0v) is 10.6. The fraction of sp³-hybridized carbons (Fsp3) is 0.462. The van der Waals surface area contributed by atoms with Gasteiger partial charge in [0.1, 0.15) is 11.9 Å². The SMILES string of the molecule is CCC(CNc1nccc(C)c1C#N)CC(=O)O. The van der Waals surface area contributed by atoms with Gasteiger partial charge in [-0.05, 0) is 24.5 Å². The van der Waals surface area contributed by atoms with E-state index in [4.69, 9.17) is 10.4 Å². The first-order valence-corrected chi connectivity index (χ1v) is 5.89. The first-order chi connectivity index (χ1) is 8.58. The molecule has 5 heteroatoms. The van der Waals surface area contributed by atoms with Gasteiger partial charge in [-0.25, -0.2) is 4.98 Å². The Morgan fingerprint density at radius 2 is 2.39 bits per heavy atom. The second-order valence-electron chi connectivity index (χ2n) is 4.22. The van der Waals surface area contributed by atoms with Gasteiger partial charge in [0.05, 0.1) is 5.56 Å². The highest BCUT2D eigenvalue weighted by molar-refractivity contribution is 5.67. The second-order valence-corrected chi connectivity index (χ2v) is 4.22. The highest BCUT2D eigenvalue weighted by atomic mass is 16.4. The summed E-state index contributed by atoms with van der Waals surface area (Å²) in [5.74, 6) is -0.237. The highest BCUT2D eigenvalue weighted by Crippen LogP contribution is 2.17. The molecule has 5 nitrogen and oxygen atoms in total. The van der Waals surface area contributed by atoms with Crippen molar-refractivity contribution >= 4 is 11.8 Å². The molecular weight excluding hydrogens is 230 g/mol. The highest BCUT2D eigenvalue weighted by Gasteiger charge is 2.13. The average molecular weight is 247 g/mol. The number of carbonyl (C=O) groups is 1. The molecule has 1 aromatic rings. The molecule has 0 aromatic carbocycles. The van der Waals surface area contributed by atoms with Crippen LogP contribution in [0.5, 0.6) is 0 Å². The number of pyridine rings is 1. The van der Waals surface area contributed by atoms with Crippen molar-refractivity contribution in [2.45, 2.75) is 26.7 Å². The van der Waals surface area contributed by atoms with Crippen molar-refractivity contribution in [1.82, 2.24) is 4.98 Å². The van der Waals surface area contributed by atoms with Gasteiger partial charge >= 0.3 is 5.97 Å². The van der Waals surface area contributed by atoms with Crippen molar-refractivity contribution in [2.75, 3.05) is 11.9 Å². The number of carboxylic acid groups (broad SMARTS) is 1. The summed E-state index contributed by atoms with van der Waals surface area (Å²) in [7, 11) is 0. The lowest BCUT2D eigenvalue weighted by atomic mass is 10.0. The molecule has 0 fully saturated rings. The molecule has 0 radical (unpaired) electrons. The Morgan fingerprint density at radius 1 is 1.67 bits per heavy atom. The fourth-order valence-corrected chi connectivity index (χ4v) is 1.68. The zero-order chi connectivity index (χ0) is 13.5. The Hall–Kier alpha value is -2.09. The van der Waals surface area contributed by atoms with Crippen LogP contribution in [0.3, 0.4) is 0 Å². The molecule has 0 spiro atoms. The summed E-state index contributed by atoms with van der Waals surface area (Å²) in [6.07, 6.45) is 2.53. The molecule has 1 heterocycles. The number of aromatic nitrogens is 1. The number of nitrogens with one attached hydrogen (secondary N) is 1. The molecule has 1 atom stereocenters. The molecule has 1 rings (SSSR count). The maximum atomic E-state index is 10.7. The Morgan fingerprint density at radius 3 is 2.94 bits per heavy atom. The van der Waals surface area contributed by atoms with E-state index in [1.807, 2.05) is 13.8 Å². The summed E-state index contributed by atoms with van der Waals surface area (Å²) in [6.45, 7) is 4.30. The summed E-state index contributed by atoms with van der Waals surface area (Å²) >= 11 is 0. The number of nitrogens with zero attached hydrogens (tertiary/aromatic N) is 2. The molecule has 0 bridgehead atoms. The molecule has 0 saturated carbocycles. The van der Waals surface area contributed by atoms with Gasteiger partial charge < -0.3 is 10.4 Å². The molecule has 1 unspecified atom stereocenters. The van der Waals surface area contributed by atoms with Gasteiger partial charge in [-0.3, -0.25) is 4.79 Å². The number of carboxylic acids is 1. The molecule has 0 aliphatic rings. The molecule has 2 N–H and O–H groups in total. The standard InChI is InChI=1S/C13H17N3O2/c1-3-10(6-12(17)18)8-16-13-11(7-14)9(2)4-5-15-13/h4-5,10H,3,6,8H2,1-2H3,(H,15,16)(H,17,18). The van der Waals surface area contributed by atoms with E-state index in [1.54, 1.807) is 12.3 Å². The number of anilines is 1. The van der Waals surface area contributed by atoms with Crippen molar-refractivity contribution in [3.05, 3.63) is 23.4 Å². The van der Waals surface area contributed by atoms with Crippen LogP contribution in [-0.2, 0) is 4.79 Å². The van der Waals surface area contributed by atoms with Crippen LogP contribution in [0.15, 0.2) is 12.3 Å². The van der Waals surface area contributed by atoms with Crippen LogP contribution in [0, 0.1) is 24.2 Å². The van der Waals surface area contributed by atoms with Crippen LogP contribution in [0.4, 0.5) is 5.82 Å². The molecular formula is C13H17N3O2. The lowest BCUT2D eigenvalue weighted by molar-refractivity contribution is -0.138. The largest absolute Gasteiger partial charge is 0.481 e. The van der Waals surface area contributed by atoms with E-state index in [2.05, 4.69) is 16.4 Å². The summed E-state index contributed by atoms with van der Waals surface area (Å²) in [5, 5.41) is 20.9. The summed E-state index contributed by atoms with van der Waals surface area (Å²) in [5.41, 5.74) is 1.38. The quantitative estimate of drug-likeness (QED) is 0.804. The van der Waals surface area contributed by atoms with Gasteiger partial charge in [0.2, 0.25) is 0 Å². The van der Waals surface area contributed by atoms with Crippen LogP contribution in [0.25, 0.3) is 0 Å². The summed E-state index contributed by atoms with van der Waals surface area (Å²) < 4.78 is 0. The molecule has 18 heavy (non-hydrogen) atoms. The Balaban J connectivity index is 2.71. The number of rotatable bonds is 6. The maximum absolute atomic E-state index is 10.7. The fourth-order valence-electron chi connectivity index (χ4n) is 1.68. The third kappa shape index (κ3) is 3.74. The number of aliphatic carboxylic acids is 1. The van der Waals surface area contributed by atoms with Crippen LogP contribution in [0.2, 0.25) is 0 Å². The summed E-state index contributed by atoms with van der Waals surface area (Å²) in [4.78, 5) is 14.8. The maximum Gasteiger partial charge on any atom is 0.303 e. The number of hydrogen-bond acceptors (Lipinski definition) is 4. The van der Waals surface area contributed by atoms with Crippen molar-refractivity contribution in [3.8, 4) is 6.07 Å². The minimum Gasteiger partial charge on any atom is -0.481 e. The smallest absolute Gasteiger partial charge is 0.303 e. The van der Waals surface area contributed by atoms with Gasteiger partial charge in [-0.15, -0.1) is 0 Å². The molecule has 96 valence electrons. The second kappa shape index (κ2) is 6.60. The minimum absolute atomic E-state index is 0.0383. The molecule has 0 saturated heterocycles. The molecule has 1 aromatic heterocycles. The van der Waals surface area contributed by atoms with Gasteiger partial charge in [0, 0.05) is 19.2 Å². The minimum atomic E-state index is -0.804. The van der Waals surface area contributed by atoms with Gasteiger partial charge in [0.15, 0.2) is 0 Å². The monoisotopic (exact) mass is 247 g/mol. The van der Waals surface area contributed by atoms with Crippen molar-refractivity contribution in [3.63, 3.8) is 0 Å². The first-order valence-electron chi connectivity index (χ1n) is 5.89. The van der Waals surface area contributed by atoms with E-state index in [-0.39, 0.29) is 12.3 Å². The number of hydrogen-bond donors (Lipinski definition) is 2. The Bertz CT molecular complexity index is 466. The van der Waals surface area contributed by atoms with Gasteiger partial charge in [-0.2, -0.15) is 5.26 Å². The lowest BCUT2D eigenvalue weighted by Gasteiger charge is -2.15. The van der Waals surface area contributed by atoms with E-state index in [0.717, 1.165) is 12.0 Å². The van der Waals surface area contributed by atoms with Crippen LogP contribution < -0.4 is 5.32 Å². The van der Waals surface area contributed by atoms with Crippen molar-refractivity contribution in [1.29, 1.82) is 5.26 Å². The van der Waals surface area contributed by atoms with E-state index < -0.39 is 5.97 Å². The number of nitriles is 1. The predicted octanol–water partition coefficient (Wildman–Crippen LogP) is 2.17.